The highest BCUT2D eigenvalue weighted by molar-refractivity contribution is 9.10. The molecular weight excluding hydrogens is 703 g/mol. The summed E-state index contributed by atoms with van der Waals surface area (Å²) in [7, 11) is 0. The minimum absolute atomic E-state index is 0.00531. The molecule has 0 spiro atoms. The van der Waals surface area contributed by atoms with Crippen molar-refractivity contribution in [3.05, 3.63) is 72.6 Å². The summed E-state index contributed by atoms with van der Waals surface area (Å²) in [5, 5.41) is -0.0958. The van der Waals surface area contributed by atoms with Crippen molar-refractivity contribution in [2.75, 3.05) is 0 Å². The number of ketones is 1. The molecule has 0 bridgehead atoms. The summed E-state index contributed by atoms with van der Waals surface area (Å²) in [6.07, 6.45) is -8.61. The molecule has 1 atom stereocenters. The van der Waals surface area contributed by atoms with Gasteiger partial charge in [-0.1, -0.05) is 81.2 Å². The molecule has 39 heavy (non-hydrogen) atoms. The number of benzene rings is 2. The lowest BCUT2D eigenvalue weighted by Gasteiger charge is -2.26. The van der Waals surface area contributed by atoms with Gasteiger partial charge in [0.25, 0.3) is 0 Å². The molecule has 216 valence electrons. The first-order valence-electron chi connectivity index (χ1n) is 9.77. The van der Waals surface area contributed by atoms with Crippen LogP contribution in [0.5, 0.6) is 0 Å². The summed E-state index contributed by atoms with van der Waals surface area (Å²) in [6.45, 7) is 1.41. The first-order valence-corrected chi connectivity index (χ1v) is 12.1. The van der Waals surface area contributed by atoms with Crippen molar-refractivity contribution in [3.8, 4) is 0 Å². The molecule has 2 N–H and O–H groups in total. The van der Waals surface area contributed by atoms with Crippen LogP contribution in [0.2, 0.25) is 15.1 Å². The zero-order valence-electron chi connectivity index (χ0n) is 18.8. The van der Waals surface area contributed by atoms with Crippen LogP contribution < -0.4 is 5.73 Å². The molecule has 0 aliphatic carbocycles. The number of alkyl halides is 10. The van der Waals surface area contributed by atoms with E-state index in [0.29, 0.717) is 15.6 Å². The minimum atomic E-state index is -6.39. The molecule has 0 saturated carbocycles. The van der Waals surface area contributed by atoms with Crippen LogP contribution in [-0.2, 0) is 0 Å². The lowest BCUT2D eigenvalue weighted by atomic mass is 9.97. The molecule has 17 heteroatoms. The van der Waals surface area contributed by atoms with E-state index in [1.165, 1.54) is 13.0 Å². The van der Waals surface area contributed by atoms with E-state index in [1.54, 1.807) is 18.2 Å². The fraction of sp³-hybridized carbons (Fsp3) is 0.273. The molecule has 2 aromatic carbocycles. The van der Waals surface area contributed by atoms with Gasteiger partial charge in [-0.05, 0) is 42.3 Å². The lowest BCUT2D eigenvalue weighted by molar-refractivity contribution is -0.336. The molecule has 0 heterocycles. The summed E-state index contributed by atoms with van der Waals surface area (Å²) in [5.74, 6) is -13.9. The standard InChI is InChI=1S/C18H11BrCl3F3O.C4H2F7NS/c1-9(26)12-4-2-10(6-14(12)19)3-5-13(18(23,24)25)11-7-15(20)17(22)16(21)8-11;5-2(6,1(12)13)3(7,8)4(9,10)11/h2-8,13H,1H3;(H2,12,13)/b5-3+;. The van der Waals surface area contributed by atoms with E-state index in [4.69, 9.17) is 34.8 Å². The minimum Gasteiger partial charge on any atom is -0.388 e. The Balaban J connectivity index is 0.000000495. The van der Waals surface area contributed by atoms with Crippen LogP contribution in [-0.4, -0.2) is 35.0 Å². The van der Waals surface area contributed by atoms with Gasteiger partial charge in [0.05, 0.1) is 21.0 Å². The van der Waals surface area contributed by atoms with Crippen LogP contribution in [0.4, 0.5) is 43.9 Å². The molecule has 0 aromatic heterocycles. The second-order valence-electron chi connectivity index (χ2n) is 7.48. The zero-order valence-corrected chi connectivity index (χ0v) is 23.5. The van der Waals surface area contributed by atoms with Gasteiger partial charge < -0.3 is 5.73 Å². The summed E-state index contributed by atoms with van der Waals surface area (Å²) in [5.41, 5.74) is 4.89. The quantitative estimate of drug-likeness (QED) is 0.140. The van der Waals surface area contributed by atoms with E-state index in [2.05, 4.69) is 33.9 Å². The van der Waals surface area contributed by atoms with E-state index >= 15 is 0 Å². The molecule has 2 nitrogen and oxygen atoms in total. The molecule has 0 amide bonds. The van der Waals surface area contributed by atoms with Crippen molar-refractivity contribution in [1.29, 1.82) is 0 Å². The number of Topliss-reactive ketones (excluding diaryl/α,β-unsaturated/α-hetero) is 1. The first-order chi connectivity index (χ1) is 17.4. The van der Waals surface area contributed by atoms with Crippen LogP contribution in [0, 0.1) is 0 Å². The summed E-state index contributed by atoms with van der Waals surface area (Å²) in [6, 6.07) is 6.97. The Kier molecular flexibility index (Phi) is 11.7. The molecule has 0 radical (unpaired) electrons. The van der Waals surface area contributed by atoms with E-state index in [1.807, 2.05) is 0 Å². The monoisotopic (exact) mass is 713 g/mol. The molecule has 1 unspecified atom stereocenters. The van der Waals surface area contributed by atoms with Crippen LogP contribution in [0.25, 0.3) is 6.08 Å². The van der Waals surface area contributed by atoms with Gasteiger partial charge in [-0.2, -0.15) is 43.9 Å². The number of rotatable bonds is 6. The predicted molar refractivity (Wildman–Crippen MR) is 136 cm³/mol. The van der Waals surface area contributed by atoms with Gasteiger partial charge >= 0.3 is 24.2 Å². The highest BCUT2D eigenvalue weighted by Gasteiger charge is 2.74. The van der Waals surface area contributed by atoms with Crippen molar-refractivity contribution in [1.82, 2.24) is 0 Å². The van der Waals surface area contributed by atoms with Gasteiger partial charge in [-0.3, -0.25) is 4.79 Å². The summed E-state index contributed by atoms with van der Waals surface area (Å²) >= 11 is 24.1. The Hall–Kier alpha value is -1.61. The number of hydrogen-bond donors (Lipinski definition) is 1. The maximum atomic E-state index is 13.5. The Morgan fingerprint density at radius 2 is 1.44 bits per heavy atom. The fourth-order valence-electron chi connectivity index (χ4n) is 2.62. The first kappa shape index (κ1) is 35.4. The summed E-state index contributed by atoms with van der Waals surface area (Å²) in [4.78, 5) is 9.22. The maximum Gasteiger partial charge on any atom is 0.460 e. The normalized spacial score (nSPS) is 13.6. The van der Waals surface area contributed by atoms with Crippen molar-refractivity contribution in [3.63, 3.8) is 0 Å². The molecular formula is C22H13BrCl3F10NOS. The molecule has 2 aromatic rings. The van der Waals surface area contributed by atoms with Crippen molar-refractivity contribution in [2.45, 2.75) is 37.0 Å². The van der Waals surface area contributed by atoms with Crippen LogP contribution in [0.15, 0.2) is 40.9 Å². The number of allylic oxidation sites excluding steroid dienone is 1. The highest BCUT2D eigenvalue weighted by atomic mass is 79.9. The topological polar surface area (TPSA) is 43.1 Å². The number of halogens is 14. The third-order valence-electron chi connectivity index (χ3n) is 4.63. The van der Waals surface area contributed by atoms with Crippen molar-refractivity contribution < 1.29 is 48.7 Å². The third-order valence-corrected chi connectivity index (χ3v) is 6.74. The predicted octanol–water partition coefficient (Wildman–Crippen LogP) is 10.1. The third kappa shape index (κ3) is 8.69. The van der Waals surface area contributed by atoms with Gasteiger partial charge in [0.1, 0.15) is 4.99 Å². The largest absolute Gasteiger partial charge is 0.460 e. The second-order valence-corrected chi connectivity index (χ2v) is 9.97. The molecule has 0 aliphatic heterocycles. The van der Waals surface area contributed by atoms with Crippen molar-refractivity contribution in [2.24, 2.45) is 5.73 Å². The fourth-order valence-corrected chi connectivity index (χ4v) is 4.04. The maximum absolute atomic E-state index is 13.5. The number of nitrogens with two attached hydrogens (primary N) is 1. The Morgan fingerprint density at radius 1 is 0.949 bits per heavy atom. The summed E-state index contributed by atoms with van der Waals surface area (Å²) < 4.78 is 123. The van der Waals surface area contributed by atoms with Gasteiger partial charge in [-0.15, -0.1) is 0 Å². The Labute approximate surface area is 243 Å². The average Bonchev–Trinajstić information content (AvgIpc) is 2.75. The van der Waals surface area contributed by atoms with E-state index in [9.17, 15) is 48.7 Å². The van der Waals surface area contributed by atoms with Gasteiger partial charge in [0, 0.05) is 10.0 Å². The van der Waals surface area contributed by atoms with Crippen LogP contribution in [0.1, 0.15) is 34.3 Å². The lowest BCUT2D eigenvalue weighted by Crippen LogP contribution is -2.57. The molecule has 0 fully saturated rings. The van der Waals surface area contributed by atoms with E-state index < -0.39 is 35.1 Å². The van der Waals surface area contributed by atoms with E-state index in [0.717, 1.165) is 18.2 Å². The smallest absolute Gasteiger partial charge is 0.388 e. The average molecular weight is 716 g/mol. The number of carbonyl (C=O) groups excluding carboxylic acids is 1. The molecule has 2 rings (SSSR count). The van der Waals surface area contributed by atoms with Crippen molar-refractivity contribution >= 4 is 79.8 Å². The number of hydrogen-bond acceptors (Lipinski definition) is 2. The zero-order chi connectivity index (χ0) is 30.7. The molecule has 0 saturated heterocycles. The number of thiocarbonyl (C=S) groups is 1. The molecule has 0 aliphatic rings. The van der Waals surface area contributed by atoms with Gasteiger partial charge in [0.2, 0.25) is 0 Å². The van der Waals surface area contributed by atoms with Crippen LogP contribution in [0.3, 0.4) is 0 Å². The van der Waals surface area contributed by atoms with E-state index in [-0.39, 0.29) is 26.4 Å². The Bertz CT molecular complexity index is 1240. The SMILES string of the molecule is CC(=O)c1ccc(/C=C/C(c2cc(Cl)c(Cl)c(Cl)c2)C(F)(F)F)cc1Br.NC(=S)C(F)(F)C(F)(F)C(F)(F)F. The Morgan fingerprint density at radius 3 is 1.77 bits per heavy atom. The number of carbonyl (C=O) groups is 1. The second kappa shape index (κ2) is 12.9. The van der Waals surface area contributed by atoms with Crippen LogP contribution >= 0.6 is 63.0 Å². The van der Waals surface area contributed by atoms with Gasteiger partial charge in [0.15, 0.2) is 5.78 Å². The highest BCUT2D eigenvalue weighted by Crippen LogP contribution is 2.46. The van der Waals surface area contributed by atoms with Gasteiger partial charge in [-0.25, -0.2) is 0 Å².